The zero-order valence-corrected chi connectivity index (χ0v) is 9.38. The molecule has 0 unspecified atom stereocenters. The molecule has 0 atom stereocenters. The molecular formula is C14H11NO2. The first kappa shape index (κ1) is 9.90. The maximum atomic E-state index is 11.2. The molecule has 3 rings (SSSR count). The number of benzene rings is 2. The van der Waals surface area contributed by atoms with Crippen LogP contribution in [0.15, 0.2) is 48.5 Å². The van der Waals surface area contributed by atoms with Gasteiger partial charge in [-0.3, -0.25) is 0 Å². The molecular weight excluding hydrogens is 214 g/mol. The van der Waals surface area contributed by atoms with Crippen LogP contribution in [0.5, 0.6) is 0 Å². The minimum absolute atomic E-state index is 0.323. The number of carbonyl (C=O) groups is 1. The molecule has 0 amide bonds. The Morgan fingerprint density at radius 3 is 1.88 bits per heavy atom. The van der Waals surface area contributed by atoms with Gasteiger partial charge in [0.05, 0.1) is 11.0 Å². The van der Waals surface area contributed by atoms with E-state index in [-0.39, 0.29) is 5.97 Å². The van der Waals surface area contributed by atoms with Crippen molar-refractivity contribution in [2.45, 2.75) is 6.92 Å². The molecule has 2 aromatic carbocycles. The fourth-order valence-electron chi connectivity index (χ4n) is 2.11. The lowest BCUT2D eigenvalue weighted by atomic mass is 10.2. The van der Waals surface area contributed by atoms with E-state index >= 15 is 0 Å². The molecule has 3 heteroatoms. The number of hydrogen-bond acceptors (Lipinski definition) is 2. The van der Waals surface area contributed by atoms with Crippen molar-refractivity contribution in [2.24, 2.45) is 0 Å². The quantitative estimate of drug-likeness (QED) is 0.637. The van der Waals surface area contributed by atoms with Crippen LogP contribution >= 0.6 is 0 Å². The zero-order chi connectivity index (χ0) is 11.8. The van der Waals surface area contributed by atoms with E-state index in [1.165, 1.54) is 6.92 Å². The van der Waals surface area contributed by atoms with Crippen LogP contribution in [0.3, 0.4) is 0 Å². The van der Waals surface area contributed by atoms with Gasteiger partial charge in [-0.25, -0.2) is 4.79 Å². The first-order chi connectivity index (χ1) is 8.27. The Hall–Kier alpha value is -2.29. The van der Waals surface area contributed by atoms with Gasteiger partial charge in [0.2, 0.25) is 0 Å². The zero-order valence-electron chi connectivity index (χ0n) is 9.38. The highest BCUT2D eigenvalue weighted by atomic mass is 16.7. The summed E-state index contributed by atoms with van der Waals surface area (Å²) in [5.41, 5.74) is 1.81. The Kier molecular flexibility index (Phi) is 2.11. The summed E-state index contributed by atoms with van der Waals surface area (Å²) >= 11 is 0. The van der Waals surface area contributed by atoms with E-state index in [2.05, 4.69) is 0 Å². The van der Waals surface area contributed by atoms with Crippen LogP contribution < -0.4 is 4.84 Å². The standard InChI is InChI=1S/C14H11NO2/c1-10(16)17-15-13-8-4-2-6-11(13)12-7-3-5-9-14(12)15/h2-9H,1H3. The predicted molar refractivity (Wildman–Crippen MR) is 66.7 cm³/mol. The smallest absolute Gasteiger partial charge is 0.329 e. The van der Waals surface area contributed by atoms with Gasteiger partial charge in [0.15, 0.2) is 0 Å². The third kappa shape index (κ3) is 1.47. The lowest BCUT2D eigenvalue weighted by Gasteiger charge is -2.04. The molecule has 0 spiro atoms. The number of para-hydroxylation sites is 2. The molecule has 0 N–H and O–H groups in total. The summed E-state index contributed by atoms with van der Waals surface area (Å²) in [6.45, 7) is 1.41. The van der Waals surface area contributed by atoms with Gasteiger partial charge in [-0.1, -0.05) is 36.4 Å². The number of aromatic nitrogens is 1. The molecule has 0 aliphatic carbocycles. The Morgan fingerprint density at radius 1 is 0.941 bits per heavy atom. The highest BCUT2D eigenvalue weighted by Gasteiger charge is 2.11. The van der Waals surface area contributed by atoms with Gasteiger partial charge in [-0.05, 0) is 12.1 Å². The number of fused-ring (bicyclic) bond motifs is 3. The number of rotatable bonds is 1. The van der Waals surface area contributed by atoms with Crippen molar-refractivity contribution < 1.29 is 9.63 Å². The molecule has 0 radical (unpaired) electrons. The molecule has 17 heavy (non-hydrogen) atoms. The van der Waals surface area contributed by atoms with Crippen LogP contribution in [0.4, 0.5) is 0 Å². The summed E-state index contributed by atoms with van der Waals surface area (Å²) in [5.74, 6) is -0.323. The summed E-state index contributed by atoms with van der Waals surface area (Å²) < 4.78 is 1.59. The Morgan fingerprint density at radius 2 is 1.41 bits per heavy atom. The van der Waals surface area contributed by atoms with E-state index in [0.717, 1.165) is 21.8 Å². The van der Waals surface area contributed by atoms with Gasteiger partial charge < -0.3 is 4.84 Å². The van der Waals surface area contributed by atoms with Gasteiger partial charge in [0.1, 0.15) is 0 Å². The average molecular weight is 225 g/mol. The fourth-order valence-corrected chi connectivity index (χ4v) is 2.11. The number of hydrogen-bond donors (Lipinski definition) is 0. The van der Waals surface area contributed by atoms with Crippen molar-refractivity contribution >= 4 is 27.8 Å². The van der Waals surface area contributed by atoms with E-state index in [4.69, 9.17) is 4.84 Å². The Bertz CT molecular complexity index is 659. The highest BCUT2D eigenvalue weighted by molar-refractivity contribution is 6.07. The second-order valence-electron chi connectivity index (χ2n) is 3.91. The van der Waals surface area contributed by atoms with Crippen molar-refractivity contribution in [3.63, 3.8) is 0 Å². The van der Waals surface area contributed by atoms with Gasteiger partial charge >= 0.3 is 5.97 Å². The molecule has 1 heterocycles. The maximum Gasteiger partial charge on any atom is 0.329 e. The lowest BCUT2D eigenvalue weighted by molar-refractivity contribution is -0.140. The van der Waals surface area contributed by atoms with Gasteiger partial charge in [0.25, 0.3) is 0 Å². The van der Waals surface area contributed by atoms with Crippen molar-refractivity contribution in [1.82, 2.24) is 4.73 Å². The SMILES string of the molecule is CC(=O)On1c2ccccc2c2ccccc21. The number of carbonyl (C=O) groups excluding carboxylic acids is 1. The van der Waals surface area contributed by atoms with Crippen LogP contribution in [0.1, 0.15) is 6.92 Å². The number of nitrogens with zero attached hydrogens (tertiary/aromatic N) is 1. The molecule has 0 aliphatic heterocycles. The summed E-state index contributed by atoms with van der Waals surface area (Å²) in [6.07, 6.45) is 0. The second kappa shape index (κ2) is 3.63. The van der Waals surface area contributed by atoms with Crippen LogP contribution in [0.25, 0.3) is 21.8 Å². The van der Waals surface area contributed by atoms with Crippen LogP contribution in [-0.2, 0) is 4.79 Å². The van der Waals surface area contributed by atoms with E-state index in [1.807, 2.05) is 48.5 Å². The van der Waals surface area contributed by atoms with E-state index < -0.39 is 0 Å². The Labute approximate surface area is 98.2 Å². The minimum atomic E-state index is -0.323. The molecule has 1 aromatic heterocycles. The minimum Gasteiger partial charge on any atom is -0.336 e. The van der Waals surface area contributed by atoms with Crippen LogP contribution in [-0.4, -0.2) is 10.7 Å². The molecule has 0 bridgehead atoms. The highest BCUT2D eigenvalue weighted by Crippen LogP contribution is 2.27. The normalized spacial score (nSPS) is 10.9. The molecule has 0 saturated heterocycles. The molecule has 0 saturated carbocycles. The van der Waals surface area contributed by atoms with Gasteiger partial charge in [-0.15, -0.1) is 0 Å². The molecule has 0 fully saturated rings. The van der Waals surface area contributed by atoms with Crippen LogP contribution in [0, 0.1) is 0 Å². The van der Waals surface area contributed by atoms with Gasteiger partial charge in [0, 0.05) is 17.7 Å². The predicted octanol–water partition coefficient (Wildman–Crippen LogP) is 2.77. The fraction of sp³-hybridized carbons (Fsp3) is 0.0714. The summed E-state index contributed by atoms with van der Waals surface area (Å²) in [6, 6.07) is 15.8. The lowest BCUT2D eigenvalue weighted by Crippen LogP contribution is -2.15. The molecule has 3 aromatic rings. The summed E-state index contributed by atoms with van der Waals surface area (Å²) in [4.78, 5) is 16.4. The largest absolute Gasteiger partial charge is 0.336 e. The molecule has 0 aliphatic rings. The average Bonchev–Trinajstić information content (AvgIpc) is 2.65. The molecule has 3 nitrogen and oxygen atoms in total. The van der Waals surface area contributed by atoms with Crippen molar-refractivity contribution in [3.8, 4) is 0 Å². The second-order valence-corrected chi connectivity index (χ2v) is 3.91. The van der Waals surface area contributed by atoms with Crippen molar-refractivity contribution in [3.05, 3.63) is 48.5 Å². The third-order valence-electron chi connectivity index (χ3n) is 2.76. The Balaban J connectivity index is 2.45. The van der Waals surface area contributed by atoms with E-state index in [9.17, 15) is 4.79 Å². The topological polar surface area (TPSA) is 31.2 Å². The van der Waals surface area contributed by atoms with Crippen molar-refractivity contribution in [2.75, 3.05) is 0 Å². The van der Waals surface area contributed by atoms with Crippen molar-refractivity contribution in [1.29, 1.82) is 0 Å². The monoisotopic (exact) mass is 225 g/mol. The summed E-state index contributed by atoms with van der Waals surface area (Å²) in [7, 11) is 0. The summed E-state index contributed by atoms with van der Waals surface area (Å²) in [5, 5.41) is 2.17. The first-order valence-corrected chi connectivity index (χ1v) is 5.44. The molecule has 84 valence electrons. The third-order valence-corrected chi connectivity index (χ3v) is 2.76. The maximum absolute atomic E-state index is 11.2. The van der Waals surface area contributed by atoms with E-state index in [0.29, 0.717) is 0 Å². The van der Waals surface area contributed by atoms with Crippen LogP contribution in [0.2, 0.25) is 0 Å². The van der Waals surface area contributed by atoms with Gasteiger partial charge in [-0.2, -0.15) is 4.73 Å². The first-order valence-electron chi connectivity index (χ1n) is 5.44. The van der Waals surface area contributed by atoms with E-state index in [1.54, 1.807) is 4.73 Å².